The molecule has 1 unspecified atom stereocenters. The minimum Gasteiger partial charge on any atom is -0.333 e. The number of rotatable bonds is 11. The molecule has 3 rings (SSSR count). The zero-order valence-corrected chi connectivity index (χ0v) is 20.9. The summed E-state index contributed by atoms with van der Waals surface area (Å²) in [6.45, 7) is 6.58. The predicted octanol–water partition coefficient (Wildman–Crippen LogP) is 6.84. The molecule has 0 bridgehead atoms. The summed E-state index contributed by atoms with van der Waals surface area (Å²) in [5, 5.41) is 0.374. The maximum atomic E-state index is 13.9. The van der Waals surface area contributed by atoms with Crippen molar-refractivity contribution in [2.24, 2.45) is 0 Å². The number of carbonyl (C=O) groups is 1. The lowest BCUT2D eigenvalue weighted by Crippen LogP contribution is -2.38. The fourth-order valence-electron chi connectivity index (χ4n) is 4.38. The average molecular weight is 486 g/mol. The number of amides is 1. The Morgan fingerprint density at radius 2 is 1.82 bits per heavy atom. The van der Waals surface area contributed by atoms with Crippen LogP contribution in [0.2, 0.25) is 5.02 Å². The van der Waals surface area contributed by atoms with Gasteiger partial charge in [0.25, 0.3) is 5.56 Å². The van der Waals surface area contributed by atoms with Gasteiger partial charge in [0.2, 0.25) is 5.91 Å². The van der Waals surface area contributed by atoms with Gasteiger partial charge in [-0.1, -0.05) is 63.3 Å². The third-order valence-corrected chi connectivity index (χ3v) is 6.47. The summed E-state index contributed by atoms with van der Waals surface area (Å²) >= 11 is 6.06. The molecule has 0 N–H and O–H groups in total. The summed E-state index contributed by atoms with van der Waals surface area (Å²) in [6, 6.07) is 10.9. The van der Waals surface area contributed by atoms with Crippen molar-refractivity contribution in [1.29, 1.82) is 0 Å². The number of carbonyl (C=O) groups excluding carboxylic acids is 1. The largest absolute Gasteiger partial charge is 0.333 e. The molecule has 34 heavy (non-hydrogen) atoms. The van der Waals surface area contributed by atoms with E-state index in [1.54, 1.807) is 23.1 Å². The SMILES string of the molecule is CCCCCCCC(=O)N(CC)C(CC)c1nc2ccccc2c(=O)n1-c1ccc(F)c(Cl)c1. The van der Waals surface area contributed by atoms with Gasteiger partial charge in [0.05, 0.1) is 27.7 Å². The molecule has 0 aliphatic rings. The van der Waals surface area contributed by atoms with Crippen LogP contribution in [0.4, 0.5) is 4.39 Å². The molecule has 1 atom stereocenters. The van der Waals surface area contributed by atoms with Crippen molar-refractivity contribution in [3.63, 3.8) is 0 Å². The normalized spacial score (nSPS) is 12.1. The van der Waals surface area contributed by atoms with E-state index in [0.717, 1.165) is 25.7 Å². The van der Waals surface area contributed by atoms with Crippen molar-refractivity contribution in [3.8, 4) is 5.69 Å². The number of benzene rings is 2. The van der Waals surface area contributed by atoms with Crippen LogP contribution >= 0.6 is 11.6 Å². The van der Waals surface area contributed by atoms with Gasteiger partial charge in [0.1, 0.15) is 11.6 Å². The molecule has 0 aliphatic carbocycles. The highest BCUT2D eigenvalue weighted by Crippen LogP contribution is 2.28. The molecule has 7 heteroatoms. The van der Waals surface area contributed by atoms with E-state index in [2.05, 4.69) is 6.92 Å². The maximum Gasteiger partial charge on any atom is 0.266 e. The molecule has 1 aromatic heterocycles. The van der Waals surface area contributed by atoms with Gasteiger partial charge >= 0.3 is 0 Å². The highest BCUT2D eigenvalue weighted by atomic mass is 35.5. The maximum absolute atomic E-state index is 13.9. The summed E-state index contributed by atoms with van der Waals surface area (Å²) < 4.78 is 15.4. The Labute approximate surface area is 205 Å². The number of hydrogen-bond donors (Lipinski definition) is 0. The summed E-state index contributed by atoms with van der Waals surface area (Å²) in [4.78, 5) is 33.5. The third-order valence-electron chi connectivity index (χ3n) is 6.18. The lowest BCUT2D eigenvalue weighted by molar-refractivity contribution is -0.133. The summed E-state index contributed by atoms with van der Waals surface area (Å²) in [7, 11) is 0. The first-order valence-electron chi connectivity index (χ1n) is 12.2. The fraction of sp³-hybridized carbons (Fsp3) is 0.444. The van der Waals surface area contributed by atoms with Crippen LogP contribution in [0.3, 0.4) is 0 Å². The summed E-state index contributed by atoms with van der Waals surface area (Å²) in [5.41, 5.74) is 0.712. The molecular formula is C27H33ClFN3O2. The van der Waals surface area contributed by atoms with Crippen molar-refractivity contribution in [3.05, 3.63) is 69.5 Å². The van der Waals surface area contributed by atoms with Crippen LogP contribution in [0, 0.1) is 5.82 Å². The molecule has 0 radical (unpaired) electrons. The Morgan fingerprint density at radius 1 is 1.09 bits per heavy atom. The number of fused-ring (bicyclic) bond motifs is 1. The van der Waals surface area contributed by atoms with Gasteiger partial charge in [-0.2, -0.15) is 0 Å². The Hall–Kier alpha value is -2.73. The monoisotopic (exact) mass is 485 g/mol. The van der Waals surface area contributed by atoms with Crippen molar-refractivity contribution < 1.29 is 9.18 Å². The average Bonchev–Trinajstić information content (AvgIpc) is 2.84. The van der Waals surface area contributed by atoms with Crippen LogP contribution in [0.5, 0.6) is 0 Å². The molecule has 0 spiro atoms. The van der Waals surface area contributed by atoms with E-state index >= 15 is 0 Å². The first kappa shape index (κ1) is 25.9. The Balaban J connectivity index is 2.08. The van der Waals surface area contributed by atoms with Gasteiger partial charge in [0, 0.05) is 13.0 Å². The summed E-state index contributed by atoms with van der Waals surface area (Å²) in [6.07, 6.45) is 6.38. The van der Waals surface area contributed by atoms with Crippen LogP contribution in [0.25, 0.3) is 16.6 Å². The van der Waals surface area contributed by atoms with Crippen LogP contribution < -0.4 is 5.56 Å². The van der Waals surface area contributed by atoms with E-state index in [0.29, 0.717) is 41.8 Å². The van der Waals surface area contributed by atoms with Crippen molar-refractivity contribution in [2.45, 2.75) is 71.8 Å². The fourth-order valence-corrected chi connectivity index (χ4v) is 4.56. The lowest BCUT2D eigenvalue weighted by atomic mass is 10.1. The minimum absolute atomic E-state index is 0.0527. The van der Waals surface area contributed by atoms with E-state index < -0.39 is 11.9 Å². The van der Waals surface area contributed by atoms with Gasteiger partial charge in [-0.25, -0.2) is 9.37 Å². The molecule has 5 nitrogen and oxygen atoms in total. The second kappa shape index (κ2) is 12.1. The van der Waals surface area contributed by atoms with Crippen LogP contribution in [0.15, 0.2) is 47.3 Å². The molecule has 1 amide bonds. The summed E-state index contributed by atoms with van der Waals surface area (Å²) in [5.74, 6) is -0.0544. The predicted molar refractivity (Wildman–Crippen MR) is 136 cm³/mol. The van der Waals surface area contributed by atoms with Crippen LogP contribution in [-0.4, -0.2) is 26.9 Å². The quantitative estimate of drug-likeness (QED) is 0.279. The number of aromatic nitrogens is 2. The molecule has 0 saturated heterocycles. The first-order valence-corrected chi connectivity index (χ1v) is 12.6. The molecule has 2 aromatic carbocycles. The number of halogens is 2. The van der Waals surface area contributed by atoms with Crippen LogP contribution in [0.1, 0.15) is 77.6 Å². The van der Waals surface area contributed by atoms with Crippen molar-refractivity contribution in [1.82, 2.24) is 14.5 Å². The second-order valence-electron chi connectivity index (χ2n) is 8.49. The third kappa shape index (κ3) is 5.66. The van der Waals surface area contributed by atoms with E-state index in [4.69, 9.17) is 16.6 Å². The van der Waals surface area contributed by atoms with Crippen LogP contribution in [-0.2, 0) is 4.79 Å². The molecule has 0 fully saturated rings. The Morgan fingerprint density at radius 3 is 2.50 bits per heavy atom. The van der Waals surface area contributed by atoms with E-state index in [1.165, 1.54) is 29.2 Å². The van der Waals surface area contributed by atoms with Crippen molar-refractivity contribution >= 4 is 28.4 Å². The van der Waals surface area contributed by atoms with Gasteiger partial charge in [0.15, 0.2) is 0 Å². The molecule has 1 heterocycles. The van der Waals surface area contributed by atoms with E-state index in [1.807, 2.05) is 19.9 Å². The topological polar surface area (TPSA) is 55.2 Å². The first-order chi connectivity index (χ1) is 16.4. The van der Waals surface area contributed by atoms with Gasteiger partial charge in [-0.05, 0) is 50.1 Å². The zero-order valence-electron chi connectivity index (χ0n) is 20.2. The van der Waals surface area contributed by atoms with Crippen molar-refractivity contribution in [2.75, 3.05) is 6.54 Å². The second-order valence-corrected chi connectivity index (χ2v) is 8.90. The van der Waals surface area contributed by atoms with E-state index in [9.17, 15) is 14.0 Å². The van der Waals surface area contributed by atoms with Gasteiger partial charge in [-0.3, -0.25) is 14.2 Å². The zero-order chi connectivity index (χ0) is 24.7. The number of para-hydroxylation sites is 1. The Kier molecular flexibility index (Phi) is 9.22. The number of hydrogen-bond acceptors (Lipinski definition) is 3. The lowest BCUT2D eigenvalue weighted by Gasteiger charge is -2.31. The molecule has 0 saturated carbocycles. The number of unbranched alkanes of at least 4 members (excludes halogenated alkanes) is 4. The van der Waals surface area contributed by atoms with Gasteiger partial charge < -0.3 is 4.90 Å². The molecule has 182 valence electrons. The minimum atomic E-state index is -0.561. The Bertz CT molecular complexity index is 1190. The standard InChI is InChI=1S/C27H33ClFN3O2/c1-4-7-8-9-10-15-25(33)31(6-3)24(5-2)26-30-23-14-12-11-13-20(23)27(34)32(26)19-16-17-22(29)21(28)18-19/h11-14,16-18,24H,4-10,15H2,1-3H3. The molecule has 3 aromatic rings. The number of nitrogens with zero attached hydrogens (tertiary/aromatic N) is 3. The molecular weight excluding hydrogens is 453 g/mol. The highest BCUT2D eigenvalue weighted by Gasteiger charge is 2.28. The molecule has 0 aliphatic heterocycles. The highest BCUT2D eigenvalue weighted by molar-refractivity contribution is 6.30. The van der Waals surface area contributed by atoms with Gasteiger partial charge in [-0.15, -0.1) is 0 Å². The van der Waals surface area contributed by atoms with E-state index in [-0.39, 0.29) is 16.5 Å². The smallest absolute Gasteiger partial charge is 0.266 e.